The zero-order valence-electron chi connectivity index (χ0n) is 9.07. The number of aryl methyl sites for hydroxylation is 1. The van der Waals surface area contributed by atoms with E-state index in [9.17, 15) is 4.79 Å². The van der Waals surface area contributed by atoms with E-state index in [2.05, 4.69) is 14.9 Å². The van der Waals surface area contributed by atoms with Crippen molar-refractivity contribution in [3.63, 3.8) is 0 Å². The van der Waals surface area contributed by atoms with Crippen molar-refractivity contribution in [2.45, 2.75) is 26.3 Å². The van der Waals surface area contributed by atoms with Crippen LogP contribution in [-0.4, -0.2) is 28.5 Å². The van der Waals surface area contributed by atoms with Crippen LogP contribution >= 0.6 is 0 Å². The summed E-state index contributed by atoms with van der Waals surface area (Å²) in [5.74, 6) is 0.788. The van der Waals surface area contributed by atoms with Gasteiger partial charge >= 0.3 is 0 Å². The molecule has 1 rings (SSSR count). The van der Waals surface area contributed by atoms with Crippen LogP contribution in [-0.2, 0) is 11.3 Å². The van der Waals surface area contributed by atoms with Crippen LogP contribution in [0.5, 0.6) is 0 Å². The molecule has 5 nitrogen and oxygen atoms in total. The van der Waals surface area contributed by atoms with E-state index >= 15 is 0 Å². The number of hydrogen-bond acceptors (Lipinski definition) is 3. The molecule has 0 bridgehead atoms. The zero-order valence-corrected chi connectivity index (χ0v) is 9.07. The third-order valence-electron chi connectivity index (χ3n) is 2.23. The standard InChI is InChI=1S/C10H18N4O/c1-9-13-6-8-14(9)7-5-12-4-2-3-10(11)15/h6,8,12H,2-5,7H2,1H3,(H2,11,15). The van der Waals surface area contributed by atoms with E-state index in [4.69, 9.17) is 5.73 Å². The highest BCUT2D eigenvalue weighted by Gasteiger charge is 1.96. The molecule has 5 heteroatoms. The fourth-order valence-electron chi connectivity index (χ4n) is 1.35. The maximum atomic E-state index is 10.4. The molecule has 0 unspecified atom stereocenters. The molecule has 0 aliphatic heterocycles. The highest BCUT2D eigenvalue weighted by atomic mass is 16.1. The van der Waals surface area contributed by atoms with E-state index in [1.807, 2.05) is 13.1 Å². The summed E-state index contributed by atoms with van der Waals surface area (Å²) in [4.78, 5) is 14.6. The molecule has 0 atom stereocenters. The lowest BCUT2D eigenvalue weighted by atomic mass is 10.3. The molecule has 0 radical (unpaired) electrons. The maximum Gasteiger partial charge on any atom is 0.217 e. The summed E-state index contributed by atoms with van der Waals surface area (Å²) in [6.45, 7) is 4.60. The Morgan fingerprint density at radius 3 is 3.00 bits per heavy atom. The highest BCUT2D eigenvalue weighted by molar-refractivity contribution is 5.73. The molecule has 0 spiro atoms. The number of nitrogens with one attached hydrogen (secondary N) is 1. The maximum absolute atomic E-state index is 10.4. The third kappa shape index (κ3) is 4.60. The Hall–Kier alpha value is -1.36. The Balaban J connectivity index is 2.03. The molecule has 0 fully saturated rings. The minimum Gasteiger partial charge on any atom is -0.370 e. The number of hydrogen-bond donors (Lipinski definition) is 2. The number of aromatic nitrogens is 2. The monoisotopic (exact) mass is 210 g/mol. The normalized spacial score (nSPS) is 10.5. The number of rotatable bonds is 7. The van der Waals surface area contributed by atoms with Gasteiger partial charge in [-0.2, -0.15) is 0 Å². The molecule has 0 saturated carbocycles. The van der Waals surface area contributed by atoms with E-state index in [0.29, 0.717) is 6.42 Å². The second-order valence-corrected chi connectivity index (χ2v) is 3.49. The van der Waals surface area contributed by atoms with Gasteiger partial charge < -0.3 is 15.6 Å². The number of nitrogens with two attached hydrogens (primary N) is 1. The van der Waals surface area contributed by atoms with Crippen molar-refractivity contribution in [1.29, 1.82) is 0 Å². The van der Waals surface area contributed by atoms with Gasteiger partial charge in [0.05, 0.1) is 0 Å². The smallest absolute Gasteiger partial charge is 0.217 e. The first-order valence-electron chi connectivity index (χ1n) is 5.17. The van der Waals surface area contributed by atoms with Gasteiger partial charge in [-0.25, -0.2) is 4.98 Å². The first kappa shape index (κ1) is 11.7. The Bertz CT molecular complexity index is 308. The first-order chi connectivity index (χ1) is 7.20. The van der Waals surface area contributed by atoms with Gasteiger partial charge in [0.1, 0.15) is 5.82 Å². The Morgan fingerprint density at radius 1 is 1.60 bits per heavy atom. The van der Waals surface area contributed by atoms with Crippen LogP contribution in [0.15, 0.2) is 12.4 Å². The van der Waals surface area contributed by atoms with Crippen LogP contribution in [0.25, 0.3) is 0 Å². The minimum absolute atomic E-state index is 0.234. The molecule has 0 saturated heterocycles. The molecule has 0 aliphatic rings. The number of nitrogens with zero attached hydrogens (tertiary/aromatic N) is 2. The number of imidazole rings is 1. The largest absolute Gasteiger partial charge is 0.370 e. The zero-order chi connectivity index (χ0) is 11.1. The second kappa shape index (κ2) is 6.19. The van der Waals surface area contributed by atoms with Crippen LogP contribution in [0.2, 0.25) is 0 Å². The molecule has 84 valence electrons. The molecule has 1 aromatic heterocycles. The molecular formula is C10H18N4O. The molecule has 1 aromatic rings. The molecule has 15 heavy (non-hydrogen) atoms. The summed E-state index contributed by atoms with van der Waals surface area (Å²) in [6.07, 6.45) is 5.01. The highest BCUT2D eigenvalue weighted by Crippen LogP contribution is 1.93. The van der Waals surface area contributed by atoms with Gasteiger partial charge in [0.15, 0.2) is 0 Å². The number of amides is 1. The summed E-state index contributed by atoms with van der Waals surface area (Å²) in [5.41, 5.74) is 5.03. The van der Waals surface area contributed by atoms with Crippen LogP contribution in [0.1, 0.15) is 18.7 Å². The van der Waals surface area contributed by atoms with E-state index in [1.54, 1.807) is 6.20 Å². The topological polar surface area (TPSA) is 72.9 Å². The van der Waals surface area contributed by atoms with Crippen molar-refractivity contribution in [1.82, 2.24) is 14.9 Å². The van der Waals surface area contributed by atoms with E-state index < -0.39 is 0 Å². The number of primary amides is 1. The van der Waals surface area contributed by atoms with Gasteiger partial charge in [0.2, 0.25) is 5.91 Å². The van der Waals surface area contributed by atoms with Crippen molar-refractivity contribution in [2.24, 2.45) is 5.73 Å². The summed E-state index contributed by atoms with van der Waals surface area (Å²) >= 11 is 0. The van der Waals surface area contributed by atoms with Gasteiger partial charge in [-0.15, -0.1) is 0 Å². The summed E-state index contributed by atoms with van der Waals surface area (Å²) < 4.78 is 2.08. The lowest BCUT2D eigenvalue weighted by molar-refractivity contribution is -0.118. The molecule has 0 aromatic carbocycles. The van der Waals surface area contributed by atoms with E-state index in [1.165, 1.54) is 0 Å². The van der Waals surface area contributed by atoms with Gasteiger partial charge in [-0.1, -0.05) is 0 Å². The average Bonchev–Trinajstić information content (AvgIpc) is 2.57. The summed E-state index contributed by atoms with van der Waals surface area (Å²) in [5, 5.41) is 3.25. The molecule has 0 aliphatic carbocycles. The Morgan fingerprint density at radius 2 is 2.40 bits per heavy atom. The van der Waals surface area contributed by atoms with Crippen LogP contribution < -0.4 is 11.1 Å². The van der Waals surface area contributed by atoms with Crippen molar-refractivity contribution in [3.05, 3.63) is 18.2 Å². The van der Waals surface area contributed by atoms with E-state index in [-0.39, 0.29) is 5.91 Å². The molecule has 3 N–H and O–H groups in total. The molecule has 1 amide bonds. The van der Waals surface area contributed by atoms with Crippen molar-refractivity contribution in [3.8, 4) is 0 Å². The Labute approximate surface area is 89.7 Å². The number of carbonyl (C=O) groups is 1. The van der Waals surface area contributed by atoms with Crippen LogP contribution in [0, 0.1) is 6.92 Å². The lowest BCUT2D eigenvalue weighted by Gasteiger charge is -2.06. The van der Waals surface area contributed by atoms with Gasteiger partial charge in [0.25, 0.3) is 0 Å². The van der Waals surface area contributed by atoms with Gasteiger partial charge in [-0.05, 0) is 19.9 Å². The fourth-order valence-corrected chi connectivity index (χ4v) is 1.35. The van der Waals surface area contributed by atoms with Crippen molar-refractivity contribution >= 4 is 5.91 Å². The SMILES string of the molecule is Cc1nccn1CCNCCCC(N)=O. The lowest BCUT2D eigenvalue weighted by Crippen LogP contribution is -2.22. The van der Waals surface area contributed by atoms with Crippen molar-refractivity contribution < 1.29 is 4.79 Å². The third-order valence-corrected chi connectivity index (χ3v) is 2.23. The van der Waals surface area contributed by atoms with Crippen LogP contribution in [0.3, 0.4) is 0 Å². The Kier molecular flexibility index (Phi) is 4.83. The fraction of sp³-hybridized carbons (Fsp3) is 0.600. The van der Waals surface area contributed by atoms with Crippen LogP contribution in [0.4, 0.5) is 0 Å². The van der Waals surface area contributed by atoms with Gasteiger partial charge in [0, 0.05) is 31.9 Å². The van der Waals surface area contributed by atoms with Crippen molar-refractivity contribution in [2.75, 3.05) is 13.1 Å². The quantitative estimate of drug-likeness (QED) is 0.624. The first-order valence-corrected chi connectivity index (χ1v) is 5.17. The van der Waals surface area contributed by atoms with Gasteiger partial charge in [-0.3, -0.25) is 4.79 Å². The predicted octanol–water partition coefficient (Wildman–Crippen LogP) is 0.0466. The second-order valence-electron chi connectivity index (χ2n) is 3.49. The molecule has 1 heterocycles. The molecular weight excluding hydrogens is 192 g/mol. The average molecular weight is 210 g/mol. The van der Waals surface area contributed by atoms with E-state index in [0.717, 1.165) is 31.9 Å². The number of carbonyl (C=O) groups excluding carboxylic acids is 1. The summed E-state index contributed by atoms with van der Waals surface area (Å²) in [6, 6.07) is 0. The predicted molar refractivity (Wildman–Crippen MR) is 58.3 cm³/mol. The minimum atomic E-state index is -0.234. The summed E-state index contributed by atoms with van der Waals surface area (Å²) in [7, 11) is 0.